The number of methoxy groups -OCH3 is 1. The molecule has 1 aliphatic carbocycles. The monoisotopic (exact) mass is 341 g/mol. The Hall–Kier alpha value is -2.54. The SMILES string of the molecule is CCOC=O.COc1ccc(C2=C/C(=C(/C)C#N)CC(C)(C)C2)cc1. The van der Waals surface area contributed by atoms with Crippen molar-refractivity contribution in [1.82, 2.24) is 0 Å². The first-order valence-corrected chi connectivity index (χ1v) is 8.37. The summed E-state index contributed by atoms with van der Waals surface area (Å²) in [7, 11) is 1.68. The molecule has 1 aromatic carbocycles. The maximum absolute atomic E-state index is 9.18. The van der Waals surface area contributed by atoms with E-state index in [1.54, 1.807) is 14.0 Å². The highest BCUT2D eigenvalue weighted by atomic mass is 16.5. The number of benzene rings is 1. The lowest BCUT2D eigenvalue weighted by Crippen LogP contribution is -2.17. The summed E-state index contributed by atoms with van der Waals surface area (Å²) in [5.41, 5.74) is 4.69. The number of allylic oxidation sites excluding steroid dienone is 4. The molecule has 0 atom stereocenters. The third-order valence-corrected chi connectivity index (χ3v) is 4.03. The minimum Gasteiger partial charge on any atom is -0.497 e. The zero-order valence-corrected chi connectivity index (χ0v) is 15.8. The lowest BCUT2D eigenvalue weighted by Gasteiger charge is -2.32. The summed E-state index contributed by atoms with van der Waals surface area (Å²) in [6.07, 6.45) is 4.18. The highest BCUT2D eigenvalue weighted by Gasteiger charge is 2.27. The van der Waals surface area contributed by atoms with Crippen molar-refractivity contribution >= 4 is 12.0 Å². The zero-order chi connectivity index (χ0) is 18.9. The Balaban J connectivity index is 0.000000550. The van der Waals surface area contributed by atoms with Gasteiger partial charge in [-0.1, -0.05) is 32.1 Å². The van der Waals surface area contributed by atoms with Crippen LogP contribution in [0.15, 0.2) is 41.5 Å². The van der Waals surface area contributed by atoms with Crippen LogP contribution in [0.4, 0.5) is 0 Å². The molecule has 0 amide bonds. The molecule has 0 bridgehead atoms. The quantitative estimate of drug-likeness (QED) is 0.576. The van der Waals surface area contributed by atoms with Crippen LogP contribution in [-0.4, -0.2) is 20.2 Å². The van der Waals surface area contributed by atoms with Gasteiger partial charge in [-0.3, -0.25) is 4.79 Å². The number of nitrogens with zero attached hydrogens (tertiary/aromatic N) is 1. The standard InChI is InChI=1S/C18H21NO.C3H6O2/c1-13(12-19)15-9-16(11-18(2,3)10-15)14-5-7-17(20-4)8-6-14;1-2-5-3-4/h5-9H,10-11H2,1-4H3;3H,2H2,1H3/b15-13+;. The largest absolute Gasteiger partial charge is 0.497 e. The van der Waals surface area contributed by atoms with Gasteiger partial charge >= 0.3 is 0 Å². The third kappa shape index (κ3) is 6.46. The molecule has 25 heavy (non-hydrogen) atoms. The summed E-state index contributed by atoms with van der Waals surface area (Å²) in [4.78, 5) is 9.18. The van der Waals surface area contributed by atoms with Crippen LogP contribution in [-0.2, 0) is 9.53 Å². The Bertz CT molecular complexity index is 676. The molecule has 1 aromatic rings. The highest BCUT2D eigenvalue weighted by molar-refractivity contribution is 5.71. The number of hydrogen-bond donors (Lipinski definition) is 0. The van der Waals surface area contributed by atoms with Gasteiger partial charge in [0.2, 0.25) is 0 Å². The van der Waals surface area contributed by atoms with Gasteiger partial charge in [-0.25, -0.2) is 0 Å². The van der Waals surface area contributed by atoms with E-state index in [1.165, 1.54) is 11.1 Å². The molecule has 0 saturated heterocycles. The molecule has 1 aliphatic rings. The minimum atomic E-state index is 0.192. The fourth-order valence-corrected chi connectivity index (χ4v) is 2.78. The van der Waals surface area contributed by atoms with Crippen LogP contribution in [0.5, 0.6) is 5.75 Å². The van der Waals surface area contributed by atoms with Crippen molar-refractivity contribution in [3.05, 3.63) is 47.1 Å². The number of carbonyl (C=O) groups is 1. The van der Waals surface area contributed by atoms with Crippen LogP contribution in [0.2, 0.25) is 0 Å². The average Bonchev–Trinajstić information content (AvgIpc) is 2.61. The molecule has 134 valence electrons. The van der Waals surface area contributed by atoms with Crippen molar-refractivity contribution in [2.45, 2.75) is 40.5 Å². The number of carbonyl (C=O) groups excluding carboxylic acids is 1. The lowest BCUT2D eigenvalue weighted by atomic mass is 9.73. The third-order valence-electron chi connectivity index (χ3n) is 4.03. The van der Waals surface area contributed by atoms with Gasteiger partial charge in [-0.05, 0) is 60.9 Å². The first-order chi connectivity index (χ1) is 11.9. The van der Waals surface area contributed by atoms with Crippen LogP contribution in [0.1, 0.15) is 46.1 Å². The lowest BCUT2D eigenvalue weighted by molar-refractivity contribution is -0.128. The first kappa shape index (κ1) is 20.5. The Morgan fingerprint density at radius 1 is 1.28 bits per heavy atom. The highest BCUT2D eigenvalue weighted by Crippen LogP contribution is 2.42. The molecular formula is C21H27NO3. The van der Waals surface area contributed by atoms with Crippen LogP contribution < -0.4 is 4.74 Å². The van der Waals surface area contributed by atoms with Crippen LogP contribution in [0.3, 0.4) is 0 Å². The molecular weight excluding hydrogens is 314 g/mol. The molecule has 0 N–H and O–H groups in total. The minimum absolute atomic E-state index is 0.192. The number of hydrogen-bond acceptors (Lipinski definition) is 4. The molecule has 0 spiro atoms. The van der Waals surface area contributed by atoms with Gasteiger partial charge in [0.25, 0.3) is 6.47 Å². The van der Waals surface area contributed by atoms with Crippen molar-refractivity contribution in [2.24, 2.45) is 5.41 Å². The van der Waals surface area contributed by atoms with Crippen LogP contribution >= 0.6 is 0 Å². The molecule has 0 unspecified atom stereocenters. The fraction of sp³-hybridized carbons (Fsp3) is 0.429. The van der Waals surface area contributed by atoms with E-state index in [2.05, 4.69) is 42.9 Å². The van der Waals surface area contributed by atoms with E-state index in [9.17, 15) is 4.79 Å². The maximum Gasteiger partial charge on any atom is 0.293 e. The molecule has 0 aliphatic heterocycles. The smallest absolute Gasteiger partial charge is 0.293 e. The molecule has 0 radical (unpaired) electrons. The average molecular weight is 341 g/mol. The molecule has 4 nitrogen and oxygen atoms in total. The van der Waals surface area contributed by atoms with Gasteiger partial charge in [0.1, 0.15) is 5.75 Å². The molecule has 2 rings (SSSR count). The van der Waals surface area contributed by atoms with E-state index < -0.39 is 0 Å². The van der Waals surface area contributed by atoms with E-state index in [0.717, 1.165) is 29.7 Å². The second-order valence-electron chi connectivity index (χ2n) is 6.73. The van der Waals surface area contributed by atoms with Crippen molar-refractivity contribution in [1.29, 1.82) is 5.26 Å². The normalized spacial score (nSPS) is 17.2. The molecule has 0 fully saturated rings. The van der Waals surface area contributed by atoms with Crippen molar-refractivity contribution in [3.8, 4) is 11.8 Å². The Morgan fingerprint density at radius 2 is 1.92 bits per heavy atom. The van der Waals surface area contributed by atoms with Crippen LogP contribution in [0, 0.1) is 16.7 Å². The van der Waals surface area contributed by atoms with Crippen LogP contribution in [0.25, 0.3) is 5.57 Å². The van der Waals surface area contributed by atoms with Crippen molar-refractivity contribution in [2.75, 3.05) is 13.7 Å². The summed E-state index contributed by atoms with van der Waals surface area (Å²) < 4.78 is 9.36. The van der Waals surface area contributed by atoms with Crippen molar-refractivity contribution < 1.29 is 14.3 Å². The number of nitriles is 1. The molecule has 4 heteroatoms. The Kier molecular flexibility index (Phi) is 7.94. The second kappa shape index (κ2) is 9.68. The summed E-state index contributed by atoms with van der Waals surface area (Å²) in [5.74, 6) is 0.869. The summed E-state index contributed by atoms with van der Waals surface area (Å²) >= 11 is 0. The first-order valence-electron chi connectivity index (χ1n) is 8.37. The maximum atomic E-state index is 9.18. The van der Waals surface area contributed by atoms with Crippen molar-refractivity contribution in [3.63, 3.8) is 0 Å². The van der Waals surface area contributed by atoms with Gasteiger partial charge in [-0.2, -0.15) is 5.26 Å². The van der Waals surface area contributed by atoms with E-state index in [-0.39, 0.29) is 5.41 Å². The summed E-state index contributed by atoms with van der Waals surface area (Å²) in [6, 6.07) is 10.4. The molecule has 0 saturated carbocycles. The topological polar surface area (TPSA) is 59.3 Å². The number of ether oxygens (including phenoxy) is 2. The van der Waals surface area contributed by atoms with Gasteiger partial charge < -0.3 is 9.47 Å². The van der Waals surface area contributed by atoms with E-state index in [1.807, 2.05) is 19.1 Å². The summed E-state index contributed by atoms with van der Waals surface area (Å²) in [6.45, 7) is 9.08. The van der Waals surface area contributed by atoms with Gasteiger partial charge in [-0.15, -0.1) is 0 Å². The molecule has 0 aromatic heterocycles. The molecule has 0 heterocycles. The number of rotatable bonds is 4. The van der Waals surface area contributed by atoms with E-state index in [0.29, 0.717) is 13.1 Å². The van der Waals surface area contributed by atoms with Gasteiger partial charge in [0, 0.05) is 5.57 Å². The Morgan fingerprint density at radius 3 is 2.36 bits per heavy atom. The van der Waals surface area contributed by atoms with E-state index in [4.69, 9.17) is 10.00 Å². The Labute approximate surface area is 150 Å². The van der Waals surface area contributed by atoms with E-state index >= 15 is 0 Å². The zero-order valence-electron chi connectivity index (χ0n) is 15.8. The second-order valence-corrected chi connectivity index (χ2v) is 6.73. The summed E-state index contributed by atoms with van der Waals surface area (Å²) in [5, 5.41) is 9.13. The van der Waals surface area contributed by atoms with Gasteiger partial charge in [0.15, 0.2) is 0 Å². The predicted octanol–water partition coefficient (Wildman–Crippen LogP) is 4.92. The predicted molar refractivity (Wildman–Crippen MR) is 100.0 cm³/mol. The van der Waals surface area contributed by atoms with Gasteiger partial charge in [0.05, 0.1) is 19.8 Å². The fourth-order valence-electron chi connectivity index (χ4n) is 2.78.